The molecular formula is C19H23N3O2. The van der Waals surface area contributed by atoms with Crippen LogP contribution in [0.5, 0.6) is 0 Å². The number of carbonyl (C=O) groups excluding carboxylic acids is 2. The number of para-hydroxylation sites is 1. The van der Waals surface area contributed by atoms with E-state index in [-0.39, 0.29) is 18.0 Å². The zero-order valence-electron chi connectivity index (χ0n) is 14.4. The Morgan fingerprint density at radius 2 is 1.62 bits per heavy atom. The first-order valence-electron chi connectivity index (χ1n) is 7.92. The molecule has 3 amide bonds. The van der Waals surface area contributed by atoms with Crippen LogP contribution in [-0.2, 0) is 0 Å². The molecule has 0 fully saturated rings. The van der Waals surface area contributed by atoms with Crippen molar-refractivity contribution in [1.82, 2.24) is 5.32 Å². The van der Waals surface area contributed by atoms with Gasteiger partial charge in [-0.05, 0) is 51.5 Å². The number of nitrogens with one attached hydrogen (secondary N) is 3. The summed E-state index contributed by atoms with van der Waals surface area (Å²) in [5.74, 6) is -0.262. The summed E-state index contributed by atoms with van der Waals surface area (Å²) in [6.45, 7) is 7.70. The Morgan fingerprint density at radius 1 is 0.917 bits per heavy atom. The zero-order valence-corrected chi connectivity index (χ0v) is 14.4. The third kappa shape index (κ3) is 4.59. The summed E-state index contributed by atoms with van der Waals surface area (Å²) in [5, 5.41) is 8.36. The van der Waals surface area contributed by atoms with Crippen molar-refractivity contribution in [1.29, 1.82) is 0 Å². The molecule has 0 aliphatic carbocycles. The van der Waals surface area contributed by atoms with Crippen LogP contribution in [0.3, 0.4) is 0 Å². The highest BCUT2D eigenvalue weighted by Gasteiger charge is 2.14. The van der Waals surface area contributed by atoms with E-state index in [2.05, 4.69) is 16.0 Å². The van der Waals surface area contributed by atoms with Gasteiger partial charge < -0.3 is 16.0 Å². The van der Waals surface area contributed by atoms with Crippen molar-refractivity contribution in [2.45, 2.75) is 33.7 Å². The fourth-order valence-corrected chi connectivity index (χ4v) is 2.35. The topological polar surface area (TPSA) is 70.2 Å². The smallest absolute Gasteiger partial charge is 0.319 e. The van der Waals surface area contributed by atoms with E-state index in [0.717, 1.165) is 16.8 Å². The average molecular weight is 325 g/mol. The zero-order chi connectivity index (χ0) is 17.7. The van der Waals surface area contributed by atoms with Gasteiger partial charge in [-0.2, -0.15) is 0 Å². The van der Waals surface area contributed by atoms with Gasteiger partial charge in [0.25, 0.3) is 5.91 Å². The van der Waals surface area contributed by atoms with E-state index < -0.39 is 0 Å². The third-order valence-electron chi connectivity index (χ3n) is 3.47. The normalized spacial score (nSPS) is 10.4. The Bertz CT molecular complexity index is 754. The van der Waals surface area contributed by atoms with Crippen LogP contribution in [-0.4, -0.2) is 18.0 Å². The van der Waals surface area contributed by atoms with Crippen LogP contribution < -0.4 is 16.0 Å². The SMILES string of the molecule is Cc1ccc(NC(=O)c2ccccc2NC(=O)NC(C)C)c(C)c1. The van der Waals surface area contributed by atoms with Crippen LogP contribution in [0.1, 0.15) is 35.3 Å². The van der Waals surface area contributed by atoms with Gasteiger partial charge in [0.1, 0.15) is 0 Å². The molecule has 0 radical (unpaired) electrons. The van der Waals surface area contributed by atoms with Crippen molar-refractivity contribution in [2.24, 2.45) is 0 Å². The molecule has 0 heterocycles. The molecule has 2 rings (SSSR count). The molecule has 0 bridgehead atoms. The largest absolute Gasteiger partial charge is 0.336 e. The lowest BCUT2D eigenvalue weighted by atomic mass is 10.1. The van der Waals surface area contributed by atoms with Crippen LogP contribution >= 0.6 is 0 Å². The van der Waals surface area contributed by atoms with Gasteiger partial charge in [0, 0.05) is 11.7 Å². The summed E-state index contributed by atoms with van der Waals surface area (Å²) in [6.07, 6.45) is 0. The minimum atomic E-state index is -0.336. The molecule has 0 atom stereocenters. The van der Waals surface area contributed by atoms with Crippen molar-refractivity contribution in [3.63, 3.8) is 0 Å². The van der Waals surface area contributed by atoms with Gasteiger partial charge in [0.15, 0.2) is 0 Å². The Hall–Kier alpha value is -2.82. The second-order valence-electron chi connectivity index (χ2n) is 6.07. The Kier molecular flexibility index (Phi) is 5.58. The van der Waals surface area contributed by atoms with Crippen molar-refractivity contribution in [2.75, 3.05) is 10.6 Å². The minimum Gasteiger partial charge on any atom is -0.336 e. The van der Waals surface area contributed by atoms with E-state index in [9.17, 15) is 9.59 Å². The first kappa shape index (κ1) is 17.5. The molecule has 0 spiro atoms. The monoisotopic (exact) mass is 325 g/mol. The standard InChI is InChI=1S/C19H23N3O2/c1-12(2)20-19(24)22-17-8-6-5-7-15(17)18(23)21-16-10-9-13(3)11-14(16)4/h5-12H,1-4H3,(H,21,23)(H2,20,22,24). The van der Waals surface area contributed by atoms with E-state index >= 15 is 0 Å². The highest BCUT2D eigenvalue weighted by Crippen LogP contribution is 2.20. The molecule has 0 unspecified atom stereocenters. The lowest BCUT2D eigenvalue weighted by Gasteiger charge is -2.14. The maximum Gasteiger partial charge on any atom is 0.319 e. The van der Waals surface area contributed by atoms with Gasteiger partial charge >= 0.3 is 6.03 Å². The molecule has 0 aliphatic rings. The molecule has 24 heavy (non-hydrogen) atoms. The van der Waals surface area contributed by atoms with Gasteiger partial charge in [-0.1, -0.05) is 29.8 Å². The van der Waals surface area contributed by atoms with Gasteiger partial charge in [-0.15, -0.1) is 0 Å². The Balaban J connectivity index is 2.19. The molecule has 126 valence electrons. The summed E-state index contributed by atoms with van der Waals surface area (Å²) in [6, 6.07) is 12.4. The summed E-state index contributed by atoms with van der Waals surface area (Å²) in [4.78, 5) is 24.5. The highest BCUT2D eigenvalue weighted by molar-refractivity contribution is 6.10. The first-order chi connectivity index (χ1) is 11.4. The van der Waals surface area contributed by atoms with Crippen LogP contribution in [0, 0.1) is 13.8 Å². The summed E-state index contributed by atoms with van der Waals surface area (Å²) in [5.41, 5.74) is 3.77. The lowest BCUT2D eigenvalue weighted by Crippen LogP contribution is -2.34. The number of rotatable bonds is 4. The second kappa shape index (κ2) is 7.64. The summed E-state index contributed by atoms with van der Waals surface area (Å²) in [7, 11) is 0. The van der Waals surface area contributed by atoms with E-state index in [1.807, 2.05) is 45.9 Å². The Morgan fingerprint density at radius 3 is 2.29 bits per heavy atom. The molecule has 2 aromatic carbocycles. The van der Waals surface area contributed by atoms with Crippen molar-refractivity contribution >= 4 is 23.3 Å². The van der Waals surface area contributed by atoms with E-state index in [4.69, 9.17) is 0 Å². The maximum atomic E-state index is 12.6. The number of benzene rings is 2. The second-order valence-corrected chi connectivity index (χ2v) is 6.07. The molecule has 5 heteroatoms. The molecule has 0 aromatic heterocycles. The van der Waals surface area contributed by atoms with Crippen molar-refractivity contribution in [3.05, 3.63) is 59.2 Å². The molecular weight excluding hydrogens is 302 g/mol. The quantitative estimate of drug-likeness (QED) is 0.792. The summed E-state index contributed by atoms with van der Waals surface area (Å²) < 4.78 is 0. The van der Waals surface area contributed by atoms with Crippen LogP contribution in [0.4, 0.5) is 16.2 Å². The van der Waals surface area contributed by atoms with Crippen molar-refractivity contribution < 1.29 is 9.59 Å². The first-order valence-corrected chi connectivity index (χ1v) is 7.92. The van der Waals surface area contributed by atoms with Crippen LogP contribution in [0.2, 0.25) is 0 Å². The fraction of sp³-hybridized carbons (Fsp3) is 0.263. The van der Waals surface area contributed by atoms with E-state index in [1.165, 1.54) is 0 Å². The minimum absolute atomic E-state index is 0.0150. The van der Waals surface area contributed by atoms with Gasteiger partial charge in [-0.3, -0.25) is 4.79 Å². The van der Waals surface area contributed by atoms with Gasteiger partial charge in [-0.25, -0.2) is 4.79 Å². The van der Waals surface area contributed by atoms with Crippen LogP contribution in [0.15, 0.2) is 42.5 Å². The number of urea groups is 1. The molecule has 0 saturated heterocycles. The summed E-state index contributed by atoms with van der Waals surface area (Å²) >= 11 is 0. The molecule has 0 saturated carbocycles. The molecule has 2 aromatic rings. The fourth-order valence-electron chi connectivity index (χ4n) is 2.35. The molecule has 3 N–H and O–H groups in total. The number of amides is 3. The van der Waals surface area contributed by atoms with Gasteiger partial charge in [0.05, 0.1) is 11.3 Å². The molecule has 5 nitrogen and oxygen atoms in total. The number of carbonyl (C=O) groups is 2. The Labute approximate surface area is 142 Å². The number of anilines is 2. The average Bonchev–Trinajstić information content (AvgIpc) is 2.49. The maximum absolute atomic E-state index is 12.6. The van der Waals surface area contributed by atoms with E-state index in [1.54, 1.807) is 24.3 Å². The number of hydrogen-bond acceptors (Lipinski definition) is 2. The third-order valence-corrected chi connectivity index (χ3v) is 3.47. The predicted molar refractivity (Wildman–Crippen MR) is 97.6 cm³/mol. The van der Waals surface area contributed by atoms with Crippen LogP contribution in [0.25, 0.3) is 0 Å². The number of aryl methyl sites for hydroxylation is 2. The van der Waals surface area contributed by atoms with Crippen molar-refractivity contribution in [3.8, 4) is 0 Å². The lowest BCUT2D eigenvalue weighted by molar-refractivity contribution is 0.102. The number of hydrogen-bond donors (Lipinski definition) is 3. The predicted octanol–water partition coefficient (Wildman–Crippen LogP) is 4.09. The van der Waals surface area contributed by atoms with E-state index in [0.29, 0.717) is 11.3 Å². The highest BCUT2D eigenvalue weighted by atomic mass is 16.2. The molecule has 0 aliphatic heterocycles. The van der Waals surface area contributed by atoms with Gasteiger partial charge in [0.2, 0.25) is 0 Å².